The molecule has 0 aliphatic carbocycles. The molecule has 1 atom stereocenters. The molecule has 1 unspecified atom stereocenters. The molecule has 0 saturated heterocycles. The standard InChI is InChI=1S/C25H38N6O/c1-19(2)29-25(32)30-23-13-11-21(12-14-23)17-28-24(26-4)27-16-15-20(3)31(5)18-22-9-7-6-8-10-22/h6-14,19-20H,15-18H2,1-5H3,(H2,26,27,28)(H2,29,30,32). The van der Waals surface area contributed by atoms with E-state index in [1.165, 1.54) is 5.56 Å². The molecule has 4 N–H and O–H groups in total. The summed E-state index contributed by atoms with van der Waals surface area (Å²) in [6, 6.07) is 18.7. The number of urea groups is 1. The lowest BCUT2D eigenvalue weighted by molar-refractivity contribution is 0.238. The number of amides is 2. The van der Waals surface area contributed by atoms with Crippen LogP contribution in [0.4, 0.5) is 10.5 Å². The number of anilines is 1. The number of nitrogens with one attached hydrogen (secondary N) is 4. The summed E-state index contributed by atoms with van der Waals surface area (Å²) in [5, 5.41) is 12.4. The third kappa shape index (κ3) is 9.39. The van der Waals surface area contributed by atoms with E-state index in [0.29, 0.717) is 12.6 Å². The summed E-state index contributed by atoms with van der Waals surface area (Å²) in [5.74, 6) is 0.779. The van der Waals surface area contributed by atoms with Crippen molar-refractivity contribution in [3.8, 4) is 0 Å². The maximum Gasteiger partial charge on any atom is 0.319 e. The van der Waals surface area contributed by atoms with Crippen LogP contribution in [0.25, 0.3) is 0 Å². The average Bonchev–Trinajstić information content (AvgIpc) is 2.77. The minimum atomic E-state index is -0.195. The number of hydrogen-bond acceptors (Lipinski definition) is 3. The zero-order chi connectivity index (χ0) is 23.3. The SMILES string of the molecule is CN=C(NCCC(C)N(C)Cc1ccccc1)NCc1ccc(NC(=O)NC(C)C)cc1. The Labute approximate surface area is 192 Å². The van der Waals surface area contributed by atoms with E-state index in [4.69, 9.17) is 0 Å². The predicted molar refractivity (Wildman–Crippen MR) is 134 cm³/mol. The Bertz CT molecular complexity index is 835. The van der Waals surface area contributed by atoms with Crippen molar-refractivity contribution in [2.24, 2.45) is 4.99 Å². The summed E-state index contributed by atoms with van der Waals surface area (Å²) >= 11 is 0. The van der Waals surface area contributed by atoms with E-state index in [2.05, 4.69) is 69.4 Å². The van der Waals surface area contributed by atoms with Crippen LogP contribution in [0, 0.1) is 0 Å². The van der Waals surface area contributed by atoms with Gasteiger partial charge < -0.3 is 21.3 Å². The van der Waals surface area contributed by atoms with Gasteiger partial charge in [0.25, 0.3) is 0 Å². The molecular weight excluding hydrogens is 400 g/mol. The molecule has 2 amide bonds. The summed E-state index contributed by atoms with van der Waals surface area (Å²) in [5.41, 5.74) is 3.20. The highest BCUT2D eigenvalue weighted by Crippen LogP contribution is 2.10. The molecule has 0 aliphatic heterocycles. The first-order valence-electron chi connectivity index (χ1n) is 11.2. The normalized spacial score (nSPS) is 12.5. The van der Waals surface area contributed by atoms with Crippen LogP contribution in [0.3, 0.4) is 0 Å². The van der Waals surface area contributed by atoms with Crippen molar-refractivity contribution in [3.63, 3.8) is 0 Å². The van der Waals surface area contributed by atoms with Gasteiger partial charge in [0.1, 0.15) is 0 Å². The third-order valence-corrected chi connectivity index (χ3v) is 5.20. The maximum atomic E-state index is 11.8. The van der Waals surface area contributed by atoms with Gasteiger partial charge >= 0.3 is 6.03 Å². The molecule has 2 aromatic carbocycles. The average molecular weight is 439 g/mol. The zero-order valence-electron chi connectivity index (χ0n) is 20.0. The molecule has 0 heterocycles. The van der Waals surface area contributed by atoms with Gasteiger partial charge in [-0.3, -0.25) is 9.89 Å². The lowest BCUT2D eigenvalue weighted by Crippen LogP contribution is -2.39. The minimum absolute atomic E-state index is 0.102. The molecule has 2 aromatic rings. The van der Waals surface area contributed by atoms with Crippen LogP contribution in [-0.4, -0.2) is 49.6 Å². The monoisotopic (exact) mass is 438 g/mol. The summed E-state index contributed by atoms with van der Waals surface area (Å²) in [6.45, 7) is 8.55. The van der Waals surface area contributed by atoms with Gasteiger partial charge in [-0.25, -0.2) is 4.79 Å². The van der Waals surface area contributed by atoms with Crippen LogP contribution < -0.4 is 21.3 Å². The highest BCUT2D eigenvalue weighted by molar-refractivity contribution is 5.89. The Morgan fingerprint density at radius 2 is 1.66 bits per heavy atom. The Balaban J connectivity index is 1.70. The first kappa shape index (κ1) is 25.2. The Hall–Kier alpha value is -3.06. The second kappa shape index (κ2) is 13.4. The first-order chi connectivity index (χ1) is 15.4. The van der Waals surface area contributed by atoms with E-state index in [1.54, 1.807) is 7.05 Å². The number of hydrogen-bond donors (Lipinski definition) is 4. The van der Waals surface area contributed by atoms with Crippen molar-refractivity contribution < 1.29 is 4.79 Å². The lowest BCUT2D eigenvalue weighted by atomic mass is 10.1. The summed E-state index contributed by atoms with van der Waals surface area (Å²) in [7, 11) is 3.94. The van der Waals surface area contributed by atoms with Gasteiger partial charge in [0, 0.05) is 44.5 Å². The number of guanidine groups is 1. The fourth-order valence-electron chi connectivity index (χ4n) is 3.19. The zero-order valence-corrected chi connectivity index (χ0v) is 20.0. The van der Waals surface area contributed by atoms with Crippen molar-refractivity contribution in [1.29, 1.82) is 0 Å². The second-order valence-electron chi connectivity index (χ2n) is 8.34. The lowest BCUT2D eigenvalue weighted by Gasteiger charge is -2.25. The molecule has 174 valence electrons. The number of nitrogens with zero attached hydrogens (tertiary/aromatic N) is 2. The van der Waals surface area contributed by atoms with Crippen molar-refractivity contribution in [3.05, 3.63) is 65.7 Å². The van der Waals surface area contributed by atoms with Crippen molar-refractivity contribution >= 4 is 17.7 Å². The van der Waals surface area contributed by atoms with Crippen LogP contribution in [-0.2, 0) is 13.1 Å². The molecular formula is C25H38N6O. The number of carbonyl (C=O) groups is 1. The fourth-order valence-corrected chi connectivity index (χ4v) is 3.19. The van der Waals surface area contributed by atoms with E-state index in [0.717, 1.165) is 36.7 Å². The maximum absolute atomic E-state index is 11.8. The molecule has 0 aromatic heterocycles. The Kier molecular flexibility index (Phi) is 10.5. The molecule has 0 spiro atoms. The van der Waals surface area contributed by atoms with E-state index in [9.17, 15) is 4.79 Å². The summed E-state index contributed by atoms with van der Waals surface area (Å²) in [4.78, 5) is 18.5. The molecule has 0 bridgehead atoms. The highest BCUT2D eigenvalue weighted by atomic mass is 16.2. The van der Waals surface area contributed by atoms with Gasteiger partial charge in [0.2, 0.25) is 0 Å². The van der Waals surface area contributed by atoms with Crippen LogP contribution in [0.1, 0.15) is 38.3 Å². The van der Waals surface area contributed by atoms with Crippen molar-refractivity contribution in [2.45, 2.75) is 52.4 Å². The fraction of sp³-hybridized carbons (Fsp3) is 0.440. The first-order valence-corrected chi connectivity index (χ1v) is 11.2. The smallest absolute Gasteiger partial charge is 0.319 e. The molecule has 2 rings (SSSR count). The highest BCUT2D eigenvalue weighted by Gasteiger charge is 2.10. The van der Waals surface area contributed by atoms with Gasteiger partial charge in [-0.15, -0.1) is 0 Å². The largest absolute Gasteiger partial charge is 0.356 e. The number of rotatable bonds is 10. The molecule has 32 heavy (non-hydrogen) atoms. The van der Waals surface area contributed by atoms with Gasteiger partial charge in [-0.05, 0) is 57.5 Å². The summed E-state index contributed by atoms with van der Waals surface area (Å²) in [6.07, 6.45) is 1.02. The molecule has 0 radical (unpaired) electrons. The quantitative estimate of drug-likeness (QED) is 0.336. The third-order valence-electron chi connectivity index (χ3n) is 5.20. The number of benzene rings is 2. The summed E-state index contributed by atoms with van der Waals surface area (Å²) < 4.78 is 0. The van der Waals surface area contributed by atoms with E-state index < -0.39 is 0 Å². The Morgan fingerprint density at radius 1 is 0.969 bits per heavy atom. The van der Waals surface area contributed by atoms with E-state index in [-0.39, 0.29) is 12.1 Å². The van der Waals surface area contributed by atoms with Crippen LogP contribution >= 0.6 is 0 Å². The number of carbonyl (C=O) groups excluding carboxylic acids is 1. The van der Waals surface area contributed by atoms with Crippen LogP contribution in [0.15, 0.2) is 59.6 Å². The van der Waals surface area contributed by atoms with Crippen molar-refractivity contribution in [2.75, 3.05) is 26.0 Å². The second-order valence-corrected chi connectivity index (χ2v) is 8.34. The van der Waals surface area contributed by atoms with Gasteiger partial charge in [-0.2, -0.15) is 0 Å². The number of aliphatic imine (C=N–C) groups is 1. The van der Waals surface area contributed by atoms with E-state index >= 15 is 0 Å². The topological polar surface area (TPSA) is 80.8 Å². The molecule has 0 aliphatic rings. The van der Waals surface area contributed by atoms with Gasteiger partial charge in [-0.1, -0.05) is 42.5 Å². The van der Waals surface area contributed by atoms with Crippen molar-refractivity contribution in [1.82, 2.24) is 20.9 Å². The minimum Gasteiger partial charge on any atom is -0.356 e. The predicted octanol–water partition coefficient (Wildman–Crippen LogP) is 3.79. The molecule has 0 fully saturated rings. The molecule has 0 saturated carbocycles. The van der Waals surface area contributed by atoms with Crippen LogP contribution in [0.2, 0.25) is 0 Å². The molecule has 7 heteroatoms. The van der Waals surface area contributed by atoms with Gasteiger partial charge in [0.05, 0.1) is 0 Å². The molecule has 7 nitrogen and oxygen atoms in total. The van der Waals surface area contributed by atoms with Gasteiger partial charge in [0.15, 0.2) is 5.96 Å². The van der Waals surface area contributed by atoms with Crippen LogP contribution in [0.5, 0.6) is 0 Å². The Morgan fingerprint density at radius 3 is 2.28 bits per heavy atom. The van der Waals surface area contributed by atoms with E-state index in [1.807, 2.05) is 44.2 Å².